The number of alkyl halides is 3. The highest BCUT2D eigenvalue weighted by atomic mass is 19.4. The summed E-state index contributed by atoms with van der Waals surface area (Å²) < 4.78 is 44.8. The number of halogens is 3. The first kappa shape index (κ1) is 14.9. The fourth-order valence-electron chi connectivity index (χ4n) is 1.09. The van der Waals surface area contributed by atoms with Crippen molar-refractivity contribution in [2.24, 2.45) is 0 Å². The van der Waals surface area contributed by atoms with E-state index in [0.717, 1.165) is 0 Å². The van der Waals surface area contributed by atoms with E-state index in [-0.39, 0.29) is 12.4 Å². The van der Waals surface area contributed by atoms with Crippen molar-refractivity contribution >= 4 is 5.97 Å². The van der Waals surface area contributed by atoms with E-state index in [4.69, 9.17) is 0 Å². The number of ether oxygens (including phenoxy) is 2. The molecule has 0 heterocycles. The van der Waals surface area contributed by atoms with E-state index in [2.05, 4.69) is 21.3 Å². The zero-order valence-electron chi connectivity index (χ0n) is 10.1. The summed E-state index contributed by atoms with van der Waals surface area (Å²) in [6, 6.07) is 5.61. The Morgan fingerprint density at radius 3 is 2.42 bits per heavy atom. The molecule has 6 heteroatoms. The number of carbonyl (C=O) groups excluding carboxylic acids is 1. The highest BCUT2D eigenvalue weighted by molar-refractivity contribution is 5.89. The SMILES string of the molecule is CCOC(=O)C#Cc1ccc(OCC(F)(F)F)cc1. The van der Waals surface area contributed by atoms with Gasteiger partial charge in [-0.25, -0.2) is 4.79 Å². The van der Waals surface area contributed by atoms with E-state index in [0.29, 0.717) is 5.56 Å². The third-order valence-corrected chi connectivity index (χ3v) is 1.84. The van der Waals surface area contributed by atoms with E-state index in [1.165, 1.54) is 24.3 Å². The highest BCUT2D eigenvalue weighted by Crippen LogP contribution is 2.18. The second-order valence-corrected chi connectivity index (χ2v) is 3.40. The number of hydrogen-bond donors (Lipinski definition) is 0. The van der Waals surface area contributed by atoms with Crippen LogP contribution in [0.5, 0.6) is 5.75 Å². The van der Waals surface area contributed by atoms with Crippen LogP contribution in [0.15, 0.2) is 24.3 Å². The van der Waals surface area contributed by atoms with Crippen LogP contribution in [0.25, 0.3) is 0 Å². The number of benzene rings is 1. The monoisotopic (exact) mass is 272 g/mol. The first-order valence-corrected chi connectivity index (χ1v) is 5.39. The Balaban J connectivity index is 2.59. The summed E-state index contributed by atoms with van der Waals surface area (Å²) in [4.78, 5) is 11.0. The first-order valence-electron chi connectivity index (χ1n) is 5.39. The fraction of sp³-hybridized carbons (Fsp3) is 0.308. The van der Waals surface area contributed by atoms with Crippen molar-refractivity contribution in [3.63, 3.8) is 0 Å². The minimum absolute atomic E-state index is 0.0824. The summed E-state index contributed by atoms with van der Waals surface area (Å²) in [5.74, 6) is 4.20. The molecule has 0 atom stereocenters. The topological polar surface area (TPSA) is 35.5 Å². The Kier molecular flexibility index (Phi) is 5.24. The Labute approximate surface area is 108 Å². The second kappa shape index (κ2) is 6.69. The summed E-state index contributed by atoms with van der Waals surface area (Å²) in [6.45, 7) is 0.547. The Morgan fingerprint density at radius 2 is 1.89 bits per heavy atom. The zero-order chi connectivity index (χ0) is 14.3. The molecule has 0 fully saturated rings. The zero-order valence-corrected chi connectivity index (χ0v) is 10.1. The summed E-state index contributed by atoms with van der Waals surface area (Å²) in [5.41, 5.74) is 0.479. The molecule has 0 aliphatic carbocycles. The standard InChI is InChI=1S/C13H11F3O3/c1-2-18-12(17)8-5-10-3-6-11(7-4-10)19-9-13(14,15)16/h3-4,6-7H,2,9H2,1H3. The van der Waals surface area contributed by atoms with E-state index >= 15 is 0 Å². The van der Waals surface area contributed by atoms with E-state index in [1.54, 1.807) is 6.92 Å². The Hall–Kier alpha value is -2.16. The van der Waals surface area contributed by atoms with Crippen LogP contribution in [-0.2, 0) is 9.53 Å². The lowest BCUT2D eigenvalue weighted by molar-refractivity contribution is -0.153. The predicted octanol–water partition coefficient (Wildman–Crippen LogP) is 2.54. The van der Waals surface area contributed by atoms with Gasteiger partial charge in [-0.3, -0.25) is 0 Å². The van der Waals surface area contributed by atoms with Gasteiger partial charge in [0.15, 0.2) is 6.61 Å². The van der Waals surface area contributed by atoms with Crippen LogP contribution < -0.4 is 4.74 Å². The summed E-state index contributed by atoms with van der Waals surface area (Å²) in [5, 5.41) is 0. The Morgan fingerprint density at radius 1 is 1.26 bits per heavy atom. The van der Waals surface area contributed by atoms with Gasteiger partial charge in [-0.05, 0) is 31.2 Å². The molecule has 0 amide bonds. The van der Waals surface area contributed by atoms with Gasteiger partial charge in [-0.1, -0.05) is 5.92 Å². The molecule has 0 bridgehead atoms. The van der Waals surface area contributed by atoms with Crippen LogP contribution in [0.3, 0.4) is 0 Å². The van der Waals surface area contributed by atoms with Gasteiger partial charge in [0.05, 0.1) is 6.61 Å². The largest absolute Gasteiger partial charge is 0.484 e. The van der Waals surface area contributed by atoms with Crippen molar-refractivity contribution in [3.8, 4) is 17.6 Å². The molecule has 1 rings (SSSR count). The van der Waals surface area contributed by atoms with Crippen molar-refractivity contribution in [3.05, 3.63) is 29.8 Å². The van der Waals surface area contributed by atoms with Gasteiger partial charge < -0.3 is 9.47 Å². The van der Waals surface area contributed by atoms with Crippen LogP contribution in [-0.4, -0.2) is 25.4 Å². The number of carbonyl (C=O) groups is 1. The molecule has 1 aromatic carbocycles. The molecule has 0 saturated carbocycles. The van der Waals surface area contributed by atoms with Crippen molar-refractivity contribution < 1.29 is 27.4 Å². The second-order valence-electron chi connectivity index (χ2n) is 3.40. The molecule has 0 saturated heterocycles. The van der Waals surface area contributed by atoms with Crippen LogP contribution in [0.1, 0.15) is 12.5 Å². The van der Waals surface area contributed by atoms with Gasteiger partial charge in [-0.2, -0.15) is 13.2 Å². The maximum atomic E-state index is 11.9. The molecule has 1 aromatic rings. The number of hydrogen-bond acceptors (Lipinski definition) is 3. The third kappa shape index (κ3) is 6.36. The Bertz CT molecular complexity index is 481. The molecule has 0 aromatic heterocycles. The van der Waals surface area contributed by atoms with E-state index in [9.17, 15) is 18.0 Å². The molecule has 0 unspecified atom stereocenters. The van der Waals surface area contributed by atoms with Gasteiger partial charge in [0.25, 0.3) is 0 Å². The number of esters is 1. The van der Waals surface area contributed by atoms with Crippen molar-refractivity contribution in [1.29, 1.82) is 0 Å². The molecule has 102 valence electrons. The lowest BCUT2D eigenvalue weighted by Crippen LogP contribution is -2.19. The smallest absolute Gasteiger partial charge is 0.422 e. The maximum Gasteiger partial charge on any atom is 0.422 e. The summed E-state index contributed by atoms with van der Waals surface area (Å²) in [7, 11) is 0. The molecule has 3 nitrogen and oxygen atoms in total. The van der Waals surface area contributed by atoms with Crippen molar-refractivity contribution in [1.82, 2.24) is 0 Å². The average molecular weight is 272 g/mol. The van der Waals surface area contributed by atoms with E-state index in [1.807, 2.05) is 0 Å². The minimum atomic E-state index is -4.37. The van der Waals surface area contributed by atoms with Crippen LogP contribution in [0, 0.1) is 11.8 Å². The maximum absolute atomic E-state index is 11.9. The predicted molar refractivity (Wildman–Crippen MR) is 61.5 cm³/mol. The van der Waals surface area contributed by atoms with Crippen molar-refractivity contribution in [2.45, 2.75) is 13.1 Å². The van der Waals surface area contributed by atoms with Gasteiger partial charge >= 0.3 is 12.1 Å². The molecular formula is C13H11F3O3. The number of rotatable bonds is 3. The molecule has 0 aliphatic rings. The molecule has 0 radical (unpaired) electrons. The van der Waals surface area contributed by atoms with Gasteiger partial charge in [0.1, 0.15) is 5.75 Å². The van der Waals surface area contributed by atoms with Crippen molar-refractivity contribution in [2.75, 3.05) is 13.2 Å². The normalized spacial score (nSPS) is 10.3. The molecule has 0 N–H and O–H groups in total. The quantitative estimate of drug-likeness (QED) is 0.626. The lowest BCUT2D eigenvalue weighted by atomic mass is 10.2. The highest BCUT2D eigenvalue weighted by Gasteiger charge is 2.28. The minimum Gasteiger partial charge on any atom is -0.484 e. The molecule has 0 aliphatic heterocycles. The fourth-order valence-corrected chi connectivity index (χ4v) is 1.09. The molecule has 19 heavy (non-hydrogen) atoms. The first-order chi connectivity index (χ1) is 8.90. The lowest BCUT2D eigenvalue weighted by Gasteiger charge is -2.08. The van der Waals surface area contributed by atoms with Crippen LogP contribution in [0.2, 0.25) is 0 Å². The van der Waals surface area contributed by atoms with Crippen LogP contribution in [0.4, 0.5) is 13.2 Å². The average Bonchev–Trinajstić information content (AvgIpc) is 2.34. The third-order valence-electron chi connectivity index (χ3n) is 1.84. The molecule has 0 spiro atoms. The van der Waals surface area contributed by atoms with Gasteiger partial charge in [0.2, 0.25) is 0 Å². The summed E-state index contributed by atoms with van der Waals surface area (Å²) >= 11 is 0. The van der Waals surface area contributed by atoms with Crippen LogP contribution >= 0.6 is 0 Å². The van der Waals surface area contributed by atoms with Gasteiger partial charge in [-0.15, -0.1) is 0 Å². The molecular weight excluding hydrogens is 261 g/mol. The summed E-state index contributed by atoms with van der Waals surface area (Å²) in [6.07, 6.45) is -4.37. The van der Waals surface area contributed by atoms with E-state index < -0.39 is 18.8 Å². The van der Waals surface area contributed by atoms with Gasteiger partial charge in [0, 0.05) is 11.5 Å².